The summed E-state index contributed by atoms with van der Waals surface area (Å²) in [5.41, 5.74) is 6.61. The first-order chi connectivity index (χ1) is 7.66. The molecule has 0 amide bonds. The van der Waals surface area contributed by atoms with Crippen molar-refractivity contribution in [1.29, 1.82) is 0 Å². The minimum absolute atomic E-state index is 0.520. The molecule has 16 heavy (non-hydrogen) atoms. The maximum Gasteiger partial charge on any atom is 0.221 e. The van der Waals surface area contributed by atoms with Gasteiger partial charge in [-0.15, -0.1) is 0 Å². The summed E-state index contributed by atoms with van der Waals surface area (Å²) in [5.74, 6) is 2.69. The predicted molar refractivity (Wildman–Crippen MR) is 63.4 cm³/mol. The van der Waals surface area contributed by atoms with E-state index in [4.69, 9.17) is 10.5 Å². The zero-order valence-corrected chi connectivity index (χ0v) is 9.99. The first kappa shape index (κ1) is 11.2. The highest BCUT2D eigenvalue weighted by atomic mass is 16.5. The second-order valence-electron chi connectivity index (χ2n) is 4.52. The number of rotatable bonds is 4. The lowest BCUT2D eigenvalue weighted by atomic mass is 9.83. The molecule has 0 radical (unpaired) electrons. The van der Waals surface area contributed by atoms with Gasteiger partial charge >= 0.3 is 0 Å². The number of ether oxygens (including phenoxy) is 1. The molecule has 1 aromatic heterocycles. The maximum absolute atomic E-state index is 5.76. The van der Waals surface area contributed by atoms with Gasteiger partial charge < -0.3 is 10.5 Å². The van der Waals surface area contributed by atoms with E-state index in [0.29, 0.717) is 17.5 Å². The number of hydrogen-bond donors (Lipinski definition) is 1. The highest BCUT2D eigenvalue weighted by Crippen LogP contribution is 2.29. The molecular formula is C12H19N3O. The molecule has 4 heteroatoms. The molecule has 0 bridgehead atoms. The normalized spacial score (nSPS) is 15.9. The molecule has 1 fully saturated rings. The molecule has 0 unspecified atom stereocenters. The lowest BCUT2D eigenvalue weighted by molar-refractivity contribution is 0.216. The monoisotopic (exact) mass is 221 g/mol. The number of nitrogens with zero attached hydrogens (tertiary/aromatic N) is 2. The summed E-state index contributed by atoms with van der Waals surface area (Å²) < 4.78 is 5.67. The molecular weight excluding hydrogens is 202 g/mol. The van der Waals surface area contributed by atoms with E-state index in [2.05, 4.69) is 9.97 Å². The van der Waals surface area contributed by atoms with Crippen LogP contribution in [0.3, 0.4) is 0 Å². The van der Waals surface area contributed by atoms with E-state index in [9.17, 15) is 0 Å². The van der Waals surface area contributed by atoms with Crippen molar-refractivity contribution in [2.24, 2.45) is 5.92 Å². The van der Waals surface area contributed by atoms with Gasteiger partial charge in [0.05, 0.1) is 12.2 Å². The van der Waals surface area contributed by atoms with E-state index < -0.39 is 0 Å². The van der Waals surface area contributed by atoms with Crippen molar-refractivity contribution in [3.8, 4) is 5.88 Å². The van der Waals surface area contributed by atoms with Crippen molar-refractivity contribution in [3.05, 3.63) is 11.4 Å². The molecule has 0 saturated heterocycles. The number of nitrogens with two attached hydrogens (primary N) is 1. The van der Waals surface area contributed by atoms with E-state index in [-0.39, 0.29) is 0 Å². The smallest absolute Gasteiger partial charge is 0.221 e. The summed E-state index contributed by atoms with van der Waals surface area (Å²) in [7, 11) is 0. The third-order valence-electron chi connectivity index (χ3n) is 3.24. The van der Waals surface area contributed by atoms with Crippen LogP contribution in [0.1, 0.15) is 37.1 Å². The zero-order chi connectivity index (χ0) is 11.5. The number of aromatic nitrogens is 2. The molecule has 4 nitrogen and oxygen atoms in total. The Morgan fingerprint density at radius 2 is 2.06 bits per heavy atom. The van der Waals surface area contributed by atoms with Crippen LogP contribution in [0.5, 0.6) is 5.88 Å². The molecule has 0 spiro atoms. The van der Waals surface area contributed by atoms with Gasteiger partial charge in [0.25, 0.3) is 0 Å². The summed E-state index contributed by atoms with van der Waals surface area (Å²) in [6.07, 6.45) is 5.21. The Balaban J connectivity index is 1.92. The topological polar surface area (TPSA) is 61.0 Å². The lowest BCUT2D eigenvalue weighted by Gasteiger charge is -2.25. The first-order valence-corrected chi connectivity index (χ1v) is 5.90. The fraction of sp³-hybridized carbons (Fsp3) is 0.667. The van der Waals surface area contributed by atoms with Crippen LogP contribution < -0.4 is 10.5 Å². The van der Waals surface area contributed by atoms with Crippen LogP contribution in [-0.2, 0) is 0 Å². The summed E-state index contributed by atoms with van der Waals surface area (Å²) >= 11 is 0. The third kappa shape index (κ3) is 2.43. The maximum atomic E-state index is 5.76. The van der Waals surface area contributed by atoms with Crippen LogP contribution in [-0.4, -0.2) is 16.6 Å². The fourth-order valence-corrected chi connectivity index (χ4v) is 1.87. The van der Waals surface area contributed by atoms with E-state index in [1.54, 1.807) is 0 Å². The zero-order valence-electron chi connectivity index (χ0n) is 9.99. The molecule has 1 aliphatic carbocycles. The molecule has 1 saturated carbocycles. The van der Waals surface area contributed by atoms with Crippen molar-refractivity contribution < 1.29 is 4.74 Å². The standard InChI is InChI=1S/C12H19N3O/c1-8-11(13)14-9(2)15-12(8)16-7-6-10-4-3-5-10/h10H,3-7H2,1-2H3,(H2,13,14,15). The molecule has 0 aliphatic heterocycles. The second kappa shape index (κ2) is 4.68. The molecule has 2 N–H and O–H groups in total. The Bertz CT molecular complexity index is 375. The fourth-order valence-electron chi connectivity index (χ4n) is 1.87. The second-order valence-corrected chi connectivity index (χ2v) is 4.52. The van der Waals surface area contributed by atoms with Crippen LogP contribution in [0, 0.1) is 19.8 Å². The Morgan fingerprint density at radius 3 is 2.69 bits per heavy atom. The molecule has 1 heterocycles. The van der Waals surface area contributed by atoms with E-state index in [1.807, 2.05) is 13.8 Å². The summed E-state index contributed by atoms with van der Waals surface area (Å²) in [5, 5.41) is 0. The molecule has 1 aromatic rings. The van der Waals surface area contributed by atoms with Crippen molar-refractivity contribution in [1.82, 2.24) is 9.97 Å². The first-order valence-electron chi connectivity index (χ1n) is 5.90. The number of hydrogen-bond acceptors (Lipinski definition) is 4. The predicted octanol–water partition coefficient (Wildman–Crippen LogP) is 2.24. The van der Waals surface area contributed by atoms with Crippen LogP contribution >= 0.6 is 0 Å². The van der Waals surface area contributed by atoms with Gasteiger partial charge in [0.2, 0.25) is 5.88 Å². The highest BCUT2D eigenvalue weighted by molar-refractivity contribution is 5.44. The number of nitrogen functional groups attached to an aromatic ring is 1. The van der Waals surface area contributed by atoms with E-state index in [1.165, 1.54) is 19.3 Å². The van der Waals surface area contributed by atoms with Crippen LogP contribution in [0.25, 0.3) is 0 Å². The lowest BCUT2D eigenvalue weighted by Crippen LogP contribution is -2.15. The Hall–Kier alpha value is -1.32. The van der Waals surface area contributed by atoms with Gasteiger partial charge in [-0.1, -0.05) is 19.3 Å². The van der Waals surface area contributed by atoms with Crippen LogP contribution in [0.15, 0.2) is 0 Å². The quantitative estimate of drug-likeness (QED) is 0.847. The van der Waals surface area contributed by atoms with Crippen molar-refractivity contribution in [2.75, 3.05) is 12.3 Å². The minimum Gasteiger partial charge on any atom is -0.477 e. The van der Waals surface area contributed by atoms with E-state index >= 15 is 0 Å². The summed E-state index contributed by atoms with van der Waals surface area (Å²) in [6, 6.07) is 0. The Kier molecular flexibility index (Phi) is 3.27. The van der Waals surface area contributed by atoms with Gasteiger partial charge in [-0.05, 0) is 26.2 Å². The van der Waals surface area contributed by atoms with Gasteiger partial charge in [0, 0.05) is 0 Å². The minimum atomic E-state index is 0.520. The van der Waals surface area contributed by atoms with Gasteiger partial charge in [-0.2, -0.15) is 4.98 Å². The van der Waals surface area contributed by atoms with Gasteiger partial charge in [-0.25, -0.2) is 4.98 Å². The largest absolute Gasteiger partial charge is 0.477 e. The SMILES string of the molecule is Cc1nc(N)c(C)c(OCCC2CCC2)n1. The van der Waals surface area contributed by atoms with E-state index in [0.717, 1.165) is 24.5 Å². The Labute approximate surface area is 96.2 Å². The Morgan fingerprint density at radius 1 is 1.31 bits per heavy atom. The number of aryl methyl sites for hydroxylation is 1. The van der Waals surface area contributed by atoms with Gasteiger partial charge in [0.1, 0.15) is 11.6 Å². The average molecular weight is 221 g/mol. The average Bonchev–Trinajstić information content (AvgIpc) is 2.16. The number of anilines is 1. The molecule has 1 aliphatic rings. The van der Waals surface area contributed by atoms with Gasteiger partial charge in [-0.3, -0.25) is 0 Å². The molecule has 2 rings (SSSR count). The third-order valence-corrected chi connectivity index (χ3v) is 3.24. The molecule has 0 atom stereocenters. The summed E-state index contributed by atoms with van der Waals surface area (Å²) in [4.78, 5) is 8.35. The van der Waals surface area contributed by atoms with Gasteiger partial charge in [0.15, 0.2) is 0 Å². The summed E-state index contributed by atoms with van der Waals surface area (Å²) in [6.45, 7) is 4.46. The van der Waals surface area contributed by atoms with Crippen molar-refractivity contribution in [2.45, 2.75) is 39.5 Å². The van der Waals surface area contributed by atoms with Crippen molar-refractivity contribution in [3.63, 3.8) is 0 Å². The molecule has 88 valence electrons. The van der Waals surface area contributed by atoms with Crippen molar-refractivity contribution >= 4 is 5.82 Å². The highest BCUT2D eigenvalue weighted by Gasteiger charge is 2.17. The van der Waals surface area contributed by atoms with Crippen LogP contribution in [0.4, 0.5) is 5.82 Å². The van der Waals surface area contributed by atoms with Crippen LogP contribution in [0.2, 0.25) is 0 Å². The molecule has 0 aromatic carbocycles.